The van der Waals surface area contributed by atoms with Crippen LogP contribution in [0.15, 0.2) is 24.3 Å². The van der Waals surface area contributed by atoms with Crippen LogP contribution in [0.3, 0.4) is 0 Å². The molecule has 0 bridgehead atoms. The minimum absolute atomic E-state index is 0.532. The highest BCUT2D eigenvalue weighted by Gasteiger charge is 2.22. The summed E-state index contributed by atoms with van der Waals surface area (Å²) in [6.45, 7) is 5.06. The Morgan fingerprint density at radius 2 is 2.05 bits per heavy atom. The molecule has 0 amide bonds. The summed E-state index contributed by atoms with van der Waals surface area (Å²) in [4.78, 5) is 4.98. The van der Waals surface area contributed by atoms with Crippen molar-refractivity contribution in [1.82, 2.24) is 4.90 Å². The van der Waals surface area contributed by atoms with Gasteiger partial charge < -0.3 is 15.4 Å². The van der Waals surface area contributed by atoms with Gasteiger partial charge in [-0.05, 0) is 30.6 Å². The molecular weight excluding hydrogens is 282 g/mol. The van der Waals surface area contributed by atoms with E-state index in [2.05, 4.69) is 34.3 Å². The molecule has 0 aromatic heterocycles. The Kier molecular flexibility index (Phi) is 6.67. The van der Waals surface area contributed by atoms with Gasteiger partial charge in [-0.3, -0.25) is 4.90 Å². The molecule has 1 aromatic rings. The lowest BCUT2D eigenvalue weighted by Gasteiger charge is -2.40. The molecule has 0 spiro atoms. The highest BCUT2D eigenvalue weighted by Crippen LogP contribution is 2.22. The summed E-state index contributed by atoms with van der Waals surface area (Å²) in [5.74, 6) is 2.12. The number of nitrogens with zero attached hydrogens (tertiary/aromatic N) is 2. The lowest BCUT2D eigenvalue weighted by atomic mass is 10.1. The van der Waals surface area contributed by atoms with Gasteiger partial charge in [0.1, 0.15) is 5.75 Å². The van der Waals surface area contributed by atoms with E-state index in [1.54, 1.807) is 7.11 Å². The number of nitrogens with two attached hydrogens (primary N) is 1. The van der Waals surface area contributed by atoms with E-state index in [-0.39, 0.29) is 0 Å². The van der Waals surface area contributed by atoms with Crippen LogP contribution in [0.25, 0.3) is 0 Å². The summed E-state index contributed by atoms with van der Waals surface area (Å²) in [6.07, 6.45) is 3.35. The number of hydrogen-bond acceptors (Lipinski definition) is 5. The van der Waals surface area contributed by atoms with Crippen molar-refractivity contribution in [1.29, 1.82) is 0 Å². The monoisotopic (exact) mass is 309 g/mol. The van der Waals surface area contributed by atoms with Gasteiger partial charge in [0.2, 0.25) is 0 Å². The Bertz CT molecular complexity index is 422. The molecule has 0 aliphatic carbocycles. The summed E-state index contributed by atoms with van der Waals surface area (Å²) in [7, 11) is 1.72. The molecule has 1 atom stereocenters. The van der Waals surface area contributed by atoms with Crippen LogP contribution in [-0.2, 0) is 0 Å². The second-order valence-electron chi connectivity index (χ2n) is 5.40. The van der Waals surface area contributed by atoms with Gasteiger partial charge in [0, 0.05) is 50.5 Å². The number of benzene rings is 1. The van der Waals surface area contributed by atoms with Gasteiger partial charge in [-0.2, -0.15) is 11.8 Å². The van der Waals surface area contributed by atoms with Crippen molar-refractivity contribution in [2.75, 3.05) is 56.7 Å². The minimum Gasteiger partial charge on any atom is -0.497 e. The maximum absolute atomic E-state index is 5.95. The van der Waals surface area contributed by atoms with E-state index < -0.39 is 0 Å². The predicted octanol–water partition coefficient (Wildman–Crippen LogP) is 1.90. The summed E-state index contributed by atoms with van der Waals surface area (Å²) in [5.41, 5.74) is 7.20. The highest BCUT2D eigenvalue weighted by atomic mass is 32.2. The molecule has 1 heterocycles. The zero-order chi connectivity index (χ0) is 15.1. The molecule has 1 unspecified atom stereocenters. The number of piperazine rings is 1. The minimum atomic E-state index is 0.532. The molecule has 118 valence electrons. The first-order valence-corrected chi connectivity index (χ1v) is 9.00. The molecule has 21 heavy (non-hydrogen) atoms. The number of anilines is 1. The first-order chi connectivity index (χ1) is 10.3. The predicted molar refractivity (Wildman–Crippen MR) is 92.6 cm³/mol. The van der Waals surface area contributed by atoms with Crippen LogP contribution >= 0.6 is 11.8 Å². The zero-order valence-electron chi connectivity index (χ0n) is 13.1. The average Bonchev–Trinajstić information content (AvgIpc) is 2.56. The fourth-order valence-electron chi connectivity index (χ4n) is 2.86. The average molecular weight is 309 g/mol. The smallest absolute Gasteiger partial charge is 0.120 e. The molecule has 1 aliphatic heterocycles. The number of methoxy groups -OCH3 is 1. The topological polar surface area (TPSA) is 41.7 Å². The van der Waals surface area contributed by atoms with E-state index in [0.717, 1.165) is 38.5 Å². The van der Waals surface area contributed by atoms with E-state index in [9.17, 15) is 0 Å². The maximum atomic E-state index is 5.95. The van der Waals surface area contributed by atoms with Crippen LogP contribution in [0, 0.1) is 0 Å². The Morgan fingerprint density at radius 3 is 2.67 bits per heavy atom. The van der Waals surface area contributed by atoms with Crippen molar-refractivity contribution in [3.8, 4) is 5.75 Å². The number of ether oxygens (including phenoxy) is 1. The molecule has 2 rings (SSSR count). The summed E-state index contributed by atoms with van der Waals surface area (Å²) < 4.78 is 5.31. The lowest BCUT2D eigenvalue weighted by Crippen LogP contribution is -2.52. The second-order valence-corrected chi connectivity index (χ2v) is 6.38. The SMILES string of the molecule is COc1cccc(N2CCN(C(CN)CCSC)CC2)c1. The van der Waals surface area contributed by atoms with Crippen molar-refractivity contribution < 1.29 is 4.74 Å². The molecule has 0 radical (unpaired) electrons. The van der Waals surface area contributed by atoms with Crippen LogP contribution in [0.5, 0.6) is 5.75 Å². The van der Waals surface area contributed by atoms with E-state index in [1.165, 1.54) is 17.9 Å². The Labute approximate surface area is 132 Å². The van der Waals surface area contributed by atoms with Gasteiger partial charge in [0.05, 0.1) is 7.11 Å². The molecule has 1 fully saturated rings. The van der Waals surface area contributed by atoms with Gasteiger partial charge in [-0.25, -0.2) is 0 Å². The third-order valence-electron chi connectivity index (χ3n) is 4.18. The molecule has 5 heteroatoms. The van der Waals surface area contributed by atoms with Crippen LogP contribution < -0.4 is 15.4 Å². The van der Waals surface area contributed by atoms with Crippen LogP contribution in [0.4, 0.5) is 5.69 Å². The maximum Gasteiger partial charge on any atom is 0.120 e. The quantitative estimate of drug-likeness (QED) is 0.833. The van der Waals surface area contributed by atoms with Gasteiger partial charge in [0.25, 0.3) is 0 Å². The zero-order valence-corrected chi connectivity index (χ0v) is 13.9. The molecule has 1 saturated heterocycles. The van der Waals surface area contributed by atoms with Gasteiger partial charge in [0.15, 0.2) is 0 Å². The van der Waals surface area contributed by atoms with Gasteiger partial charge in [-0.15, -0.1) is 0 Å². The van der Waals surface area contributed by atoms with Crippen molar-refractivity contribution in [2.24, 2.45) is 5.73 Å². The van der Waals surface area contributed by atoms with Crippen molar-refractivity contribution in [3.05, 3.63) is 24.3 Å². The molecule has 0 saturated carbocycles. The standard InChI is InChI=1S/C16H27N3OS/c1-20-16-5-3-4-14(12-16)18-7-9-19(10-8-18)15(13-17)6-11-21-2/h3-5,12,15H,6-11,13,17H2,1-2H3. The van der Waals surface area contributed by atoms with E-state index >= 15 is 0 Å². The third kappa shape index (κ3) is 4.53. The number of hydrogen-bond donors (Lipinski definition) is 1. The van der Waals surface area contributed by atoms with E-state index in [0.29, 0.717) is 6.04 Å². The first kappa shape index (κ1) is 16.5. The Balaban J connectivity index is 1.89. The van der Waals surface area contributed by atoms with Gasteiger partial charge >= 0.3 is 0 Å². The van der Waals surface area contributed by atoms with Crippen molar-refractivity contribution >= 4 is 17.4 Å². The molecular formula is C16H27N3OS. The van der Waals surface area contributed by atoms with Crippen LogP contribution in [0.2, 0.25) is 0 Å². The molecule has 2 N–H and O–H groups in total. The van der Waals surface area contributed by atoms with Crippen LogP contribution in [0.1, 0.15) is 6.42 Å². The second kappa shape index (κ2) is 8.51. The van der Waals surface area contributed by atoms with E-state index in [4.69, 9.17) is 10.5 Å². The summed E-state index contributed by atoms with van der Waals surface area (Å²) in [6, 6.07) is 8.86. The summed E-state index contributed by atoms with van der Waals surface area (Å²) in [5, 5.41) is 0. The fraction of sp³-hybridized carbons (Fsp3) is 0.625. The largest absolute Gasteiger partial charge is 0.497 e. The van der Waals surface area contributed by atoms with Crippen LogP contribution in [-0.4, -0.2) is 62.8 Å². The molecule has 4 nitrogen and oxygen atoms in total. The Morgan fingerprint density at radius 1 is 1.29 bits per heavy atom. The fourth-order valence-corrected chi connectivity index (χ4v) is 3.36. The highest BCUT2D eigenvalue weighted by molar-refractivity contribution is 7.98. The Hall–Kier alpha value is -0.910. The van der Waals surface area contributed by atoms with Crippen molar-refractivity contribution in [3.63, 3.8) is 0 Å². The number of rotatable bonds is 7. The molecule has 1 aromatic carbocycles. The summed E-state index contributed by atoms with van der Waals surface area (Å²) >= 11 is 1.90. The van der Waals surface area contributed by atoms with Gasteiger partial charge in [-0.1, -0.05) is 6.07 Å². The van der Waals surface area contributed by atoms with Crippen molar-refractivity contribution in [2.45, 2.75) is 12.5 Å². The molecule has 1 aliphatic rings. The normalized spacial score (nSPS) is 17.8. The third-order valence-corrected chi connectivity index (χ3v) is 4.82. The first-order valence-electron chi connectivity index (χ1n) is 7.60. The lowest BCUT2D eigenvalue weighted by molar-refractivity contribution is 0.185. The number of thioether (sulfide) groups is 1. The van der Waals surface area contributed by atoms with E-state index in [1.807, 2.05) is 17.8 Å².